The van der Waals surface area contributed by atoms with Crippen molar-refractivity contribution >= 4 is 0 Å². The van der Waals surface area contributed by atoms with E-state index in [1.54, 1.807) is 0 Å². The fourth-order valence-corrected chi connectivity index (χ4v) is 0.631. The van der Waals surface area contributed by atoms with E-state index in [0.29, 0.717) is 6.20 Å². The van der Waals surface area contributed by atoms with Crippen LogP contribution in [0.5, 0.6) is 0 Å². The van der Waals surface area contributed by atoms with Crippen LogP contribution in [0.4, 0.5) is 22.0 Å². The zero-order valence-corrected chi connectivity index (χ0v) is 6.02. The summed E-state index contributed by atoms with van der Waals surface area (Å²) >= 11 is 0. The fourth-order valence-electron chi connectivity index (χ4n) is 0.631. The van der Waals surface area contributed by atoms with Gasteiger partial charge in [0.15, 0.2) is 0 Å². The van der Waals surface area contributed by atoms with Gasteiger partial charge in [-0.05, 0) is 6.07 Å². The van der Waals surface area contributed by atoms with Crippen LogP contribution in [0.1, 0.15) is 17.9 Å². The molecular formula is C6H3F5N2. The quantitative estimate of drug-likeness (QED) is 0.647. The van der Waals surface area contributed by atoms with Crippen LogP contribution in [-0.4, -0.2) is 9.97 Å². The van der Waals surface area contributed by atoms with E-state index >= 15 is 0 Å². The Kier molecular flexibility index (Phi) is 2.44. The molecule has 2 nitrogen and oxygen atoms in total. The standard InChI is InChI=1S/C6H3F5N2/c7-4(8)3-1-2-12-5(13-3)6(9,10)11/h1-2,4H. The average molecular weight is 198 g/mol. The van der Waals surface area contributed by atoms with Crippen LogP contribution >= 0.6 is 0 Å². The van der Waals surface area contributed by atoms with Gasteiger partial charge in [0.25, 0.3) is 6.43 Å². The first-order chi connectivity index (χ1) is 5.91. The molecular weight excluding hydrogens is 195 g/mol. The van der Waals surface area contributed by atoms with E-state index in [9.17, 15) is 22.0 Å². The predicted molar refractivity (Wildman–Crippen MR) is 32.0 cm³/mol. The largest absolute Gasteiger partial charge is 0.451 e. The summed E-state index contributed by atoms with van der Waals surface area (Å²) in [5.74, 6) is -1.55. The lowest BCUT2D eigenvalue weighted by molar-refractivity contribution is -0.145. The summed E-state index contributed by atoms with van der Waals surface area (Å²) in [5.41, 5.74) is -0.928. The highest BCUT2D eigenvalue weighted by molar-refractivity contribution is 5.05. The fraction of sp³-hybridized carbons (Fsp3) is 0.333. The highest BCUT2D eigenvalue weighted by atomic mass is 19.4. The second-order valence-electron chi connectivity index (χ2n) is 2.10. The molecule has 0 atom stereocenters. The number of hydrogen-bond donors (Lipinski definition) is 0. The molecule has 1 aromatic heterocycles. The highest BCUT2D eigenvalue weighted by Gasteiger charge is 2.35. The van der Waals surface area contributed by atoms with Crippen molar-refractivity contribution in [1.82, 2.24) is 9.97 Å². The Hall–Kier alpha value is -1.27. The van der Waals surface area contributed by atoms with Gasteiger partial charge < -0.3 is 0 Å². The molecule has 0 aromatic carbocycles. The molecule has 0 amide bonds. The molecule has 0 saturated carbocycles. The first-order valence-corrected chi connectivity index (χ1v) is 3.09. The number of halogens is 5. The van der Waals surface area contributed by atoms with Gasteiger partial charge in [-0.2, -0.15) is 13.2 Å². The van der Waals surface area contributed by atoms with Crippen molar-refractivity contribution in [2.45, 2.75) is 12.6 Å². The van der Waals surface area contributed by atoms with Crippen LogP contribution < -0.4 is 0 Å². The Balaban J connectivity index is 3.06. The topological polar surface area (TPSA) is 25.8 Å². The van der Waals surface area contributed by atoms with Gasteiger partial charge in [-0.1, -0.05) is 0 Å². The lowest BCUT2D eigenvalue weighted by Crippen LogP contribution is -2.12. The third-order valence-electron chi connectivity index (χ3n) is 1.15. The summed E-state index contributed by atoms with van der Waals surface area (Å²) in [4.78, 5) is 5.48. The van der Waals surface area contributed by atoms with Crippen molar-refractivity contribution in [3.05, 3.63) is 23.8 Å². The maximum absolute atomic E-state index is 11.9. The summed E-state index contributed by atoms with van der Waals surface area (Å²) in [6.45, 7) is 0. The molecule has 0 bridgehead atoms. The Labute approximate surface area is 69.4 Å². The molecule has 1 aromatic rings. The minimum Gasteiger partial charge on any atom is -0.233 e. The second-order valence-corrected chi connectivity index (χ2v) is 2.10. The second kappa shape index (κ2) is 3.23. The van der Waals surface area contributed by atoms with Crippen LogP contribution in [0.25, 0.3) is 0 Å². The molecule has 1 rings (SSSR count). The average Bonchev–Trinajstić information content (AvgIpc) is 2.03. The third kappa shape index (κ3) is 2.33. The van der Waals surface area contributed by atoms with Gasteiger partial charge in [-0.25, -0.2) is 18.7 Å². The van der Waals surface area contributed by atoms with Gasteiger partial charge in [-0.15, -0.1) is 0 Å². The molecule has 0 saturated heterocycles. The van der Waals surface area contributed by atoms with E-state index in [1.807, 2.05) is 0 Å². The first-order valence-electron chi connectivity index (χ1n) is 3.09. The number of rotatable bonds is 1. The van der Waals surface area contributed by atoms with Crippen LogP contribution in [0.2, 0.25) is 0 Å². The normalized spacial score (nSPS) is 12.2. The predicted octanol–water partition coefficient (Wildman–Crippen LogP) is 2.43. The maximum atomic E-state index is 11.9. The van der Waals surface area contributed by atoms with Crippen molar-refractivity contribution in [2.24, 2.45) is 0 Å². The number of alkyl halides is 5. The summed E-state index contributed by atoms with van der Waals surface area (Å²) in [7, 11) is 0. The molecule has 0 spiro atoms. The van der Waals surface area contributed by atoms with Crippen LogP contribution in [-0.2, 0) is 6.18 Å². The number of hydrogen-bond acceptors (Lipinski definition) is 2. The van der Waals surface area contributed by atoms with Crippen LogP contribution in [0, 0.1) is 0 Å². The third-order valence-corrected chi connectivity index (χ3v) is 1.15. The summed E-state index contributed by atoms with van der Waals surface area (Å²) in [6.07, 6.45) is -7.16. The van der Waals surface area contributed by atoms with E-state index in [-0.39, 0.29) is 0 Å². The minimum absolute atomic E-state index is 0.650. The maximum Gasteiger partial charge on any atom is 0.451 e. The zero-order valence-electron chi connectivity index (χ0n) is 6.02. The van der Waals surface area contributed by atoms with E-state index in [2.05, 4.69) is 9.97 Å². The SMILES string of the molecule is FC(F)c1ccnc(C(F)(F)F)n1. The monoisotopic (exact) mass is 198 g/mol. The minimum atomic E-state index is -4.79. The van der Waals surface area contributed by atoms with Gasteiger partial charge >= 0.3 is 6.18 Å². The van der Waals surface area contributed by atoms with Gasteiger partial charge in [0.05, 0.1) is 0 Å². The summed E-state index contributed by atoms with van der Waals surface area (Å²) in [5, 5.41) is 0. The molecule has 7 heteroatoms. The van der Waals surface area contributed by atoms with Crippen molar-refractivity contribution in [3.63, 3.8) is 0 Å². The summed E-state index contributed by atoms with van der Waals surface area (Å²) < 4.78 is 59.3. The van der Waals surface area contributed by atoms with Crippen molar-refractivity contribution < 1.29 is 22.0 Å². The molecule has 0 aliphatic heterocycles. The van der Waals surface area contributed by atoms with Crippen LogP contribution in [0.3, 0.4) is 0 Å². The lowest BCUT2D eigenvalue weighted by atomic mass is 10.4. The molecule has 0 aliphatic carbocycles. The van der Waals surface area contributed by atoms with E-state index in [0.717, 1.165) is 6.07 Å². The molecule has 0 fully saturated rings. The van der Waals surface area contributed by atoms with Crippen molar-refractivity contribution in [2.75, 3.05) is 0 Å². The van der Waals surface area contributed by atoms with E-state index < -0.39 is 24.1 Å². The van der Waals surface area contributed by atoms with Gasteiger partial charge in [0.2, 0.25) is 5.82 Å². The first kappa shape index (κ1) is 9.82. The molecule has 72 valence electrons. The molecule has 0 aliphatic rings. The molecule has 0 unspecified atom stereocenters. The number of nitrogens with zero attached hydrogens (tertiary/aromatic N) is 2. The Morgan fingerprint density at radius 2 is 1.85 bits per heavy atom. The van der Waals surface area contributed by atoms with Crippen LogP contribution in [0.15, 0.2) is 12.3 Å². The zero-order chi connectivity index (χ0) is 10.1. The molecule has 13 heavy (non-hydrogen) atoms. The Bertz CT molecular complexity index is 295. The molecule has 1 heterocycles. The van der Waals surface area contributed by atoms with E-state index in [4.69, 9.17) is 0 Å². The summed E-state index contributed by atoms with van der Waals surface area (Å²) in [6, 6.07) is 0.736. The van der Waals surface area contributed by atoms with E-state index in [1.165, 1.54) is 0 Å². The highest BCUT2D eigenvalue weighted by Crippen LogP contribution is 2.27. The molecule has 0 N–H and O–H groups in total. The van der Waals surface area contributed by atoms with Crippen molar-refractivity contribution in [3.8, 4) is 0 Å². The Morgan fingerprint density at radius 1 is 1.23 bits per heavy atom. The number of aromatic nitrogens is 2. The smallest absolute Gasteiger partial charge is 0.233 e. The van der Waals surface area contributed by atoms with Crippen molar-refractivity contribution in [1.29, 1.82) is 0 Å². The van der Waals surface area contributed by atoms with Gasteiger partial charge in [0, 0.05) is 6.20 Å². The van der Waals surface area contributed by atoms with Gasteiger partial charge in [-0.3, -0.25) is 0 Å². The lowest BCUT2D eigenvalue weighted by Gasteiger charge is -2.05. The van der Waals surface area contributed by atoms with Gasteiger partial charge in [0.1, 0.15) is 5.69 Å². The molecule has 0 radical (unpaired) electrons. The Morgan fingerprint density at radius 3 is 2.31 bits per heavy atom.